The van der Waals surface area contributed by atoms with E-state index >= 15 is 0 Å². The molecule has 1 saturated heterocycles. The highest BCUT2D eigenvalue weighted by molar-refractivity contribution is 6.11. The first-order valence-corrected chi connectivity index (χ1v) is 11.9. The summed E-state index contributed by atoms with van der Waals surface area (Å²) in [5, 5.41) is 0. The summed E-state index contributed by atoms with van der Waals surface area (Å²) in [6, 6.07) is 11.2. The van der Waals surface area contributed by atoms with Crippen molar-refractivity contribution in [3.8, 4) is 0 Å². The summed E-state index contributed by atoms with van der Waals surface area (Å²) in [5.74, 6) is -1.46. The predicted molar refractivity (Wildman–Crippen MR) is 127 cm³/mol. The lowest BCUT2D eigenvalue weighted by atomic mass is 9.75. The van der Waals surface area contributed by atoms with Crippen LogP contribution in [0.15, 0.2) is 54.9 Å². The fourth-order valence-electron chi connectivity index (χ4n) is 5.41. The molecule has 2 fully saturated rings. The first-order chi connectivity index (χ1) is 16.9. The van der Waals surface area contributed by atoms with E-state index in [1.165, 1.54) is 28.0 Å². The molecule has 8 heteroatoms. The molecule has 5 rings (SSSR count). The summed E-state index contributed by atoms with van der Waals surface area (Å²) in [4.78, 5) is 51.8. The van der Waals surface area contributed by atoms with Crippen LogP contribution in [0.5, 0.6) is 0 Å². The Hall–Kier alpha value is -3.68. The quantitative estimate of drug-likeness (QED) is 0.508. The van der Waals surface area contributed by atoms with Crippen LogP contribution in [0, 0.1) is 5.82 Å². The number of benzene rings is 2. The molecule has 0 bridgehead atoms. The molecule has 7 nitrogen and oxygen atoms in total. The van der Waals surface area contributed by atoms with Crippen LogP contribution in [0.1, 0.15) is 49.7 Å². The van der Waals surface area contributed by atoms with Gasteiger partial charge in [-0.05, 0) is 48.2 Å². The van der Waals surface area contributed by atoms with Gasteiger partial charge in [0.25, 0.3) is 0 Å². The number of rotatable bonds is 6. The first kappa shape index (κ1) is 23.1. The number of nitrogens with zero attached hydrogens (tertiary/aromatic N) is 4. The summed E-state index contributed by atoms with van der Waals surface area (Å²) in [6.45, 7) is 0.305. The van der Waals surface area contributed by atoms with E-state index in [4.69, 9.17) is 0 Å². The van der Waals surface area contributed by atoms with E-state index < -0.39 is 11.2 Å². The molecule has 1 aliphatic heterocycles. The third-order valence-corrected chi connectivity index (χ3v) is 7.25. The van der Waals surface area contributed by atoms with Crippen LogP contribution in [0.3, 0.4) is 0 Å². The highest BCUT2D eigenvalue weighted by atomic mass is 19.1. The average Bonchev–Trinajstić information content (AvgIpc) is 3.45. The molecular weight excluding hydrogens is 447 g/mol. The van der Waals surface area contributed by atoms with Crippen LogP contribution < -0.4 is 0 Å². The highest BCUT2D eigenvalue weighted by Crippen LogP contribution is 2.43. The Morgan fingerprint density at radius 1 is 1.09 bits per heavy atom. The van der Waals surface area contributed by atoms with Gasteiger partial charge >= 0.3 is 0 Å². The van der Waals surface area contributed by atoms with Gasteiger partial charge in [0, 0.05) is 44.9 Å². The number of imide groups is 1. The van der Waals surface area contributed by atoms with Crippen LogP contribution in [-0.2, 0) is 26.3 Å². The normalized spacial score (nSPS) is 20.7. The number of likely N-dealkylation sites (tertiary alicyclic amines) is 1. The zero-order chi connectivity index (χ0) is 24.6. The summed E-state index contributed by atoms with van der Waals surface area (Å²) in [5.41, 5.74) is 1.33. The molecule has 35 heavy (non-hydrogen) atoms. The van der Waals surface area contributed by atoms with E-state index in [0.29, 0.717) is 12.1 Å². The number of hydrogen-bond acceptors (Lipinski definition) is 5. The van der Waals surface area contributed by atoms with Crippen molar-refractivity contribution in [3.05, 3.63) is 71.8 Å². The van der Waals surface area contributed by atoms with Crippen molar-refractivity contribution in [3.63, 3.8) is 0 Å². The van der Waals surface area contributed by atoms with Gasteiger partial charge in [-0.25, -0.2) is 4.39 Å². The predicted octanol–water partition coefficient (Wildman–Crippen LogP) is 3.76. The molecule has 1 aromatic heterocycles. The number of aromatic nitrogens is 2. The van der Waals surface area contributed by atoms with Crippen molar-refractivity contribution in [1.82, 2.24) is 19.8 Å². The van der Waals surface area contributed by atoms with Crippen LogP contribution in [0.4, 0.5) is 4.39 Å². The van der Waals surface area contributed by atoms with Crippen molar-refractivity contribution < 1.29 is 18.8 Å². The van der Waals surface area contributed by atoms with Gasteiger partial charge in [-0.2, -0.15) is 0 Å². The first-order valence-electron chi connectivity index (χ1n) is 11.9. The van der Waals surface area contributed by atoms with E-state index in [9.17, 15) is 18.8 Å². The Kier molecular flexibility index (Phi) is 6.05. The molecule has 180 valence electrons. The second kappa shape index (κ2) is 9.17. The lowest BCUT2D eigenvalue weighted by Crippen LogP contribution is -2.45. The minimum absolute atomic E-state index is 0.128. The Balaban J connectivity index is 1.42. The standard InChI is InChI=1S/C27H27FN4O3/c1-31(17-18-9-10-22-23(13-18)30-12-11-29-22)24(33)15-27(19-5-4-6-20(28)14-19)16-25(34)32(26(27)35)21-7-2-3-8-21/h4-6,9-14,21H,2-3,7-8,15-17H2,1H3. The molecule has 2 heterocycles. The van der Waals surface area contributed by atoms with E-state index in [1.54, 1.807) is 25.5 Å². The summed E-state index contributed by atoms with van der Waals surface area (Å²) in [6.07, 6.45) is 6.38. The zero-order valence-electron chi connectivity index (χ0n) is 19.6. The van der Waals surface area contributed by atoms with Crippen molar-refractivity contribution in [1.29, 1.82) is 0 Å². The van der Waals surface area contributed by atoms with E-state index in [1.807, 2.05) is 18.2 Å². The Morgan fingerprint density at radius 3 is 2.57 bits per heavy atom. The molecule has 1 atom stereocenters. The van der Waals surface area contributed by atoms with Crippen LogP contribution >= 0.6 is 0 Å². The Morgan fingerprint density at radius 2 is 1.83 bits per heavy atom. The van der Waals surface area contributed by atoms with E-state index in [0.717, 1.165) is 42.3 Å². The van der Waals surface area contributed by atoms with Gasteiger partial charge in [-0.1, -0.05) is 31.0 Å². The topological polar surface area (TPSA) is 83.5 Å². The molecule has 3 amide bonds. The zero-order valence-corrected chi connectivity index (χ0v) is 19.6. The molecule has 2 aliphatic rings. The van der Waals surface area contributed by atoms with Gasteiger partial charge in [-0.15, -0.1) is 0 Å². The second-order valence-electron chi connectivity index (χ2n) is 9.58. The van der Waals surface area contributed by atoms with Crippen molar-refractivity contribution in [2.75, 3.05) is 7.05 Å². The highest BCUT2D eigenvalue weighted by Gasteiger charge is 2.55. The Bertz CT molecular complexity index is 1310. The van der Waals surface area contributed by atoms with E-state index in [2.05, 4.69) is 9.97 Å². The number of carbonyl (C=O) groups excluding carboxylic acids is 3. The Labute approximate surface area is 203 Å². The number of halogens is 1. The van der Waals surface area contributed by atoms with Crippen LogP contribution in [0.25, 0.3) is 11.0 Å². The molecule has 3 aromatic rings. The maximum Gasteiger partial charge on any atom is 0.241 e. The second-order valence-corrected chi connectivity index (χ2v) is 9.58. The smallest absolute Gasteiger partial charge is 0.241 e. The molecule has 0 spiro atoms. The summed E-state index contributed by atoms with van der Waals surface area (Å²) in [7, 11) is 1.67. The molecule has 2 aromatic carbocycles. The third kappa shape index (κ3) is 4.29. The monoisotopic (exact) mass is 474 g/mol. The molecule has 0 radical (unpaired) electrons. The number of fused-ring (bicyclic) bond motifs is 1. The fourth-order valence-corrected chi connectivity index (χ4v) is 5.41. The minimum Gasteiger partial charge on any atom is -0.341 e. The van der Waals surface area contributed by atoms with Crippen molar-refractivity contribution in [2.45, 2.75) is 56.5 Å². The largest absolute Gasteiger partial charge is 0.341 e. The maximum absolute atomic E-state index is 14.2. The summed E-state index contributed by atoms with van der Waals surface area (Å²) >= 11 is 0. The number of amides is 3. The van der Waals surface area contributed by atoms with Gasteiger partial charge in [0.15, 0.2) is 0 Å². The van der Waals surface area contributed by atoms with Crippen molar-refractivity contribution >= 4 is 28.8 Å². The van der Waals surface area contributed by atoms with E-state index in [-0.39, 0.29) is 36.6 Å². The van der Waals surface area contributed by atoms with Crippen molar-refractivity contribution in [2.24, 2.45) is 0 Å². The van der Waals surface area contributed by atoms with Gasteiger partial charge in [0.1, 0.15) is 5.82 Å². The third-order valence-electron chi connectivity index (χ3n) is 7.25. The number of carbonyl (C=O) groups is 3. The molecule has 1 unspecified atom stereocenters. The minimum atomic E-state index is -1.40. The van der Waals surface area contributed by atoms with Gasteiger partial charge in [-0.3, -0.25) is 29.3 Å². The SMILES string of the molecule is CN(Cc1ccc2nccnc2c1)C(=O)CC1(c2cccc(F)c2)CC(=O)N(C2CCCC2)C1=O. The van der Waals surface area contributed by atoms with Gasteiger partial charge in [0.05, 0.1) is 16.4 Å². The van der Waals surface area contributed by atoms with Crippen LogP contribution in [0.2, 0.25) is 0 Å². The van der Waals surface area contributed by atoms with Gasteiger partial charge < -0.3 is 4.90 Å². The lowest BCUT2D eigenvalue weighted by molar-refractivity contribution is -0.144. The molecule has 1 saturated carbocycles. The molecular formula is C27H27FN4O3. The van der Waals surface area contributed by atoms with Crippen LogP contribution in [-0.4, -0.2) is 50.6 Å². The molecule has 0 N–H and O–H groups in total. The maximum atomic E-state index is 14.2. The number of hydrogen-bond donors (Lipinski definition) is 0. The lowest BCUT2D eigenvalue weighted by Gasteiger charge is -2.30. The molecule has 1 aliphatic carbocycles. The average molecular weight is 475 g/mol. The summed E-state index contributed by atoms with van der Waals surface area (Å²) < 4.78 is 14.2. The van der Waals surface area contributed by atoms with Gasteiger partial charge in [0.2, 0.25) is 17.7 Å². The fraction of sp³-hybridized carbons (Fsp3) is 0.370.